The maximum absolute atomic E-state index is 11.6. The third-order valence-corrected chi connectivity index (χ3v) is 3.49. The molecule has 4 nitrogen and oxygen atoms in total. The van der Waals surface area contributed by atoms with E-state index in [2.05, 4.69) is 10.6 Å². The summed E-state index contributed by atoms with van der Waals surface area (Å²) in [5.41, 5.74) is 2.25. The van der Waals surface area contributed by atoms with Crippen LogP contribution in [0.3, 0.4) is 0 Å². The van der Waals surface area contributed by atoms with Crippen LogP contribution in [-0.2, 0) is 4.79 Å². The number of carbonyl (C=O) groups excluding carboxylic acids is 1. The Morgan fingerprint density at radius 2 is 2.00 bits per heavy atom. The Hall–Kier alpha value is -1.55. The topological polar surface area (TPSA) is 50.4 Å². The van der Waals surface area contributed by atoms with Crippen LogP contribution in [0.25, 0.3) is 0 Å². The number of hydrogen-bond donors (Lipinski definition) is 2. The molecule has 1 saturated carbocycles. The Bertz CT molecular complexity index is 436. The maximum atomic E-state index is 11.6. The number of benzene rings is 1. The van der Waals surface area contributed by atoms with Gasteiger partial charge >= 0.3 is 0 Å². The van der Waals surface area contributed by atoms with E-state index in [0.717, 1.165) is 29.3 Å². The smallest absolute Gasteiger partial charge is 0.234 e. The normalized spacial score (nSPS) is 14.1. The summed E-state index contributed by atoms with van der Waals surface area (Å²) in [6.07, 6.45) is 2.61. The predicted octanol–water partition coefficient (Wildman–Crippen LogP) is 1.80. The average Bonchev–Trinajstić information content (AvgIpc) is 3.21. The van der Waals surface area contributed by atoms with E-state index in [-0.39, 0.29) is 5.91 Å². The molecule has 110 valence electrons. The van der Waals surface area contributed by atoms with Gasteiger partial charge in [-0.05, 0) is 50.3 Å². The van der Waals surface area contributed by atoms with Crippen molar-refractivity contribution in [3.8, 4) is 5.75 Å². The second kappa shape index (κ2) is 7.29. The summed E-state index contributed by atoms with van der Waals surface area (Å²) in [5, 5.41) is 6.03. The van der Waals surface area contributed by atoms with Gasteiger partial charge in [-0.2, -0.15) is 0 Å². The second-order valence-electron chi connectivity index (χ2n) is 5.49. The van der Waals surface area contributed by atoms with Gasteiger partial charge in [-0.1, -0.05) is 18.2 Å². The molecule has 0 atom stereocenters. The minimum absolute atomic E-state index is 0.0377. The van der Waals surface area contributed by atoms with E-state index in [9.17, 15) is 4.79 Å². The molecule has 0 unspecified atom stereocenters. The molecule has 20 heavy (non-hydrogen) atoms. The highest BCUT2D eigenvalue weighted by atomic mass is 16.5. The lowest BCUT2D eigenvalue weighted by atomic mass is 10.1. The van der Waals surface area contributed by atoms with Crippen molar-refractivity contribution in [2.45, 2.75) is 26.7 Å². The van der Waals surface area contributed by atoms with Crippen LogP contribution in [0.4, 0.5) is 0 Å². The first-order valence-electron chi connectivity index (χ1n) is 7.33. The molecule has 0 aliphatic heterocycles. The molecule has 0 bridgehead atoms. The molecule has 0 saturated heterocycles. The van der Waals surface area contributed by atoms with Crippen molar-refractivity contribution < 1.29 is 9.53 Å². The third-order valence-electron chi connectivity index (χ3n) is 3.49. The van der Waals surface area contributed by atoms with Gasteiger partial charge in [0.25, 0.3) is 0 Å². The van der Waals surface area contributed by atoms with Gasteiger partial charge in [0.15, 0.2) is 0 Å². The molecule has 2 N–H and O–H groups in total. The van der Waals surface area contributed by atoms with Gasteiger partial charge in [-0.15, -0.1) is 0 Å². The lowest BCUT2D eigenvalue weighted by molar-refractivity contribution is -0.120. The second-order valence-corrected chi connectivity index (χ2v) is 5.49. The fraction of sp³-hybridized carbons (Fsp3) is 0.562. The molecule has 1 aliphatic rings. The zero-order chi connectivity index (χ0) is 14.4. The van der Waals surface area contributed by atoms with Crippen molar-refractivity contribution in [1.82, 2.24) is 10.6 Å². The van der Waals surface area contributed by atoms with Crippen molar-refractivity contribution in [3.05, 3.63) is 29.3 Å². The summed E-state index contributed by atoms with van der Waals surface area (Å²) < 4.78 is 5.74. The zero-order valence-corrected chi connectivity index (χ0v) is 12.4. The minimum Gasteiger partial charge on any atom is -0.491 e. The van der Waals surface area contributed by atoms with Gasteiger partial charge in [0, 0.05) is 0 Å². The lowest BCUT2D eigenvalue weighted by Gasteiger charge is -2.12. The molecule has 1 aromatic carbocycles. The molecule has 1 fully saturated rings. The first-order valence-corrected chi connectivity index (χ1v) is 7.33. The van der Waals surface area contributed by atoms with E-state index in [1.807, 2.05) is 32.0 Å². The summed E-state index contributed by atoms with van der Waals surface area (Å²) in [6.45, 7) is 6.47. The number of amides is 1. The molecule has 0 radical (unpaired) electrons. The van der Waals surface area contributed by atoms with Gasteiger partial charge in [0.1, 0.15) is 12.4 Å². The van der Waals surface area contributed by atoms with Gasteiger partial charge in [-0.3, -0.25) is 4.79 Å². The summed E-state index contributed by atoms with van der Waals surface area (Å²) >= 11 is 0. The van der Waals surface area contributed by atoms with Crippen molar-refractivity contribution in [3.63, 3.8) is 0 Å². The van der Waals surface area contributed by atoms with Crippen molar-refractivity contribution in [1.29, 1.82) is 0 Å². The van der Waals surface area contributed by atoms with Crippen LogP contribution in [0.5, 0.6) is 5.75 Å². The molecule has 0 aromatic heterocycles. The Labute approximate surface area is 120 Å². The highest BCUT2D eigenvalue weighted by Crippen LogP contribution is 2.27. The Morgan fingerprint density at radius 3 is 2.65 bits per heavy atom. The number of aryl methyl sites for hydroxylation is 2. The van der Waals surface area contributed by atoms with Crippen LogP contribution in [0.1, 0.15) is 24.0 Å². The van der Waals surface area contributed by atoms with E-state index >= 15 is 0 Å². The van der Waals surface area contributed by atoms with Gasteiger partial charge in [0.2, 0.25) is 5.91 Å². The van der Waals surface area contributed by atoms with E-state index in [1.54, 1.807) is 0 Å². The predicted molar refractivity (Wildman–Crippen MR) is 80.0 cm³/mol. The van der Waals surface area contributed by atoms with E-state index < -0.39 is 0 Å². The zero-order valence-electron chi connectivity index (χ0n) is 12.4. The number of carbonyl (C=O) groups is 1. The minimum atomic E-state index is 0.0377. The Kier molecular flexibility index (Phi) is 5.41. The Balaban J connectivity index is 1.59. The quantitative estimate of drug-likeness (QED) is 0.712. The van der Waals surface area contributed by atoms with Crippen LogP contribution in [0, 0.1) is 19.8 Å². The molecule has 0 heterocycles. The SMILES string of the molecule is Cc1cccc(C)c1OCCNC(=O)CNCC1CC1. The monoisotopic (exact) mass is 276 g/mol. The van der Waals surface area contributed by atoms with Gasteiger partial charge in [0.05, 0.1) is 13.1 Å². The van der Waals surface area contributed by atoms with Gasteiger partial charge in [-0.25, -0.2) is 0 Å². The molecule has 0 spiro atoms. The highest BCUT2D eigenvalue weighted by Gasteiger charge is 2.20. The summed E-state index contributed by atoms with van der Waals surface area (Å²) in [5.74, 6) is 1.76. The maximum Gasteiger partial charge on any atom is 0.234 e. The number of rotatable bonds is 8. The van der Waals surface area contributed by atoms with Gasteiger partial charge < -0.3 is 15.4 Å². The van der Waals surface area contributed by atoms with Crippen LogP contribution in [-0.4, -0.2) is 32.1 Å². The van der Waals surface area contributed by atoms with Crippen LogP contribution in [0.15, 0.2) is 18.2 Å². The highest BCUT2D eigenvalue weighted by molar-refractivity contribution is 5.77. The molecule has 1 amide bonds. The molecule has 1 aromatic rings. The number of ether oxygens (including phenoxy) is 1. The number of nitrogens with one attached hydrogen (secondary N) is 2. The first kappa shape index (κ1) is 14.9. The van der Waals surface area contributed by atoms with E-state index in [1.165, 1.54) is 12.8 Å². The largest absolute Gasteiger partial charge is 0.491 e. The van der Waals surface area contributed by atoms with Crippen LogP contribution in [0.2, 0.25) is 0 Å². The van der Waals surface area contributed by atoms with E-state index in [0.29, 0.717) is 19.7 Å². The van der Waals surface area contributed by atoms with E-state index in [4.69, 9.17) is 4.74 Å². The summed E-state index contributed by atoms with van der Waals surface area (Å²) in [4.78, 5) is 11.6. The average molecular weight is 276 g/mol. The number of para-hydroxylation sites is 1. The fourth-order valence-electron chi connectivity index (χ4n) is 2.14. The van der Waals surface area contributed by atoms with Crippen LogP contribution >= 0.6 is 0 Å². The van der Waals surface area contributed by atoms with Crippen molar-refractivity contribution in [2.24, 2.45) is 5.92 Å². The molecule has 2 rings (SSSR count). The molecule has 1 aliphatic carbocycles. The standard InChI is InChI=1S/C16H24N2O2/c1-12-4-3-5-13(2)16(12)20-9-8-18-15(19)11-17-10-14-6-7-14/h3-5,14,17H,6-11H2,1-2H3,(H,18,19). The fourth-order valence-corrected chi connectivity index (χ4v) is 2.14. The lowest BCUT2D eigenvalue weighted by Crippen LogP contribution is -2.36. The number of hydrogen-bond acceptors (Lipinski definition) is 3. The summed E-state index contributed by atoms with van der Waals surface area (Å²) in [6, 6.07) is 6.08. The molecule has 4 heteroatoms. The molecular formula is C16H24N2O2. The Morgan fingerprint density at radius 1 is 1.30 bits per heavy atom. The summed E-state index contributed by atoms with van der Waals surface area (Å²) in [7, 11) is 0. The van der Waals surface area contributed by atoms with Crippen molar-refractivity contribution in [2.75, 3.05) is 26.2 Å². The first-order chi connectivity index (χ1) is 9.66. The molecular weight excluding hydrogens is 252 g/mol. The van der Waals surface area contributed by atoms with Crippen LogP contribution < -0.4 is 15.4 Å². The van der Waals surface area contributed by atoms with Crippen molar-refractivity contribution >= 4 is 5.91 Å². The third kappa shape index (κ3) is 4.85.